The third kappa shape index (κ3) is 2.14. The van der Waals surface area contributed by atoms with Crippen molar-refractivity contribution >= 4 is 11.4 Å². The number of hydrogen-bond donors (Lipinski definition) is 2. The van der Waals surface area contributed by atoms with Crippen molar-refractivity contribution in [1.82, 2.24) is 0 Å². The van der Waals surface area contributed by atoms with E-state index in [1.165, 1.54) is 24.2 Å². The lowest BCUT2D eigenvalue weighted by atomic mass is 10.2. The van der Waals surface area contributed by atoms with Gasteiger partial charge < -0.3 is 10.6 Å². The Balaban J connectivity index is 1.99. The summed E-state index contributed by atoms with van der Waals surface area (Å²) in [5.74, 6) is 0.921. The maximum absolute atomic E-state index is 3.46. The summed E-state index contributed by atoms with van der Waals surface area (Å²) in [7, 11) is 1.96. The number of rotatable bonds is 4. The Morgan fingerprint density at radius 1 is 1.23 bits per heavy atom. The first-order valence-electron chi connectivity index (χ1n) is 4.91. The highest BCUT2D eigenvalue weighted by Crippen LogP contribution is 2.30. The van der Waals surface area contributed by atoms with Gasteiger partial charge in [0.05, 0.1) is 11.4 Å². The highest BCUT2D eigenvalue weighted by molar-refractivity contribution is 5.68. The molecule has 1 aliphatic carbocycles. The zero-order valence-electron chi connectivity index (χ0n) is 8.01. The molecule has 2 nitrogen and oxygen atoms in total. The average molecular weight is 176 g/mol. The molecule has 0 radical (unpaired) electrons. The highest BCUT2D eigenvalue weighted by Gasteiger charge is 2.20. The Morgan fingerprint density at radius 3 is 2.54 bits per heavy atom. The molecule has 0 unspecified atom stereocenters. The topological polar surface area (TPSA) is 24.1 Å². The van der Waals surface area contributed by atoms with Crippen LogP contribution in [0.1, 0.15) is 12.8 Å². The van der Waals surface area contributed by atoms with Crippen LogP contribution in [0.3, 0.4) is 0 Å². The normalized spacial score (nSPS) is 15.5. The minimum absolute atomic E-state index is 0.921. The number of para-hydroxylation sites is 2. The predicted molar refractivity (Wildman–Crippen MR) is 57.2 cm³/mol. The van der Waals surface area contributed by atoms with Crippen molar-refractivity contribution in [2.75, 3.05) is 24.2 Å². The van der Waals surface area contributed by atoms with Gasteiger partial charge in [0.25, 0.3) is 0 Å². The Kier molecular flexibility index (Phi) is 2.39. The molecule has 0 amide bonds. The van der Waals surface area contributed by atoms with Crippen LogP contribution in [0.2, 0.25) is 0 Å². The fourth-order valence-electron chi connectivity index (χ4n) is 1.43. The van der Waals surface area contributed by atoms with E-state index in [9.17, 15) is 0 Å². The van der Waals surface area contributed by atoms with Crippen LogP contribution >= 0.6 is 0 Å². The van der Waals surface area contributed by atoms with Crippen molar-refractivity contribution in [3.05, 3.63) is 24.3 Å². The summed E-state index contributed by atoms with van der Waals surface area (Å²) in [5, 5.41) is 6.64. The molecule has 0 spiro atoms. The van der Waals surface area contributed by atoms with Crippen molar-refractivity contribution in [2.24, 2.45) is 5.92 Å². The van der Waals surface area contributed by atoms with E-state index in [1.807, 2.05) is 13.1 Å². The molecular weight excluding hydrogens is 160 g/mol. The first kappa shape index (κ1) is 8.42. The maximum atomic E-state index is 3.46. The lowest BCUT2D eigenvalue weighted by Crippen LogP contribution is -2.05. The SMILES string of the molecule is CNc1ccccc1NCC1CC1. The second-order valence-corrected chi connectivity index (χ2v) is 3.62. The first-order chi connectivity index (χ1) is 6.40. The van der Waals surface area contributed by atoms with E-state index < -0.39 is 0 Å². The summed E-state index contributed by atoms with van der Waals surface area (Å²) in [6, 6.07) is 8.33. The second kappa shape index (κ2) is 3.69. The van der Waals surface area contributed by atoms with E-state index in [1.54, 1.807) is 0 Å². The van der Waals surface area contributed by atoms with E-state index in [0.29, 0.717) is 0 Å². The lowest BCUT2D eigenvalue weighted by Gasteiger charge is -2.10. The van der Waals surface area contributed by atoms with Gasteiger partial charge in [-0.2, -0.15) is 0 Å². The summed E-state index contributed by atoms with van der Waals surface area (Å²) in [6.07, 6.45) is 2.80. The first-order valence-corrected chi connectivity index (χ1v) is 4.91. The Morgan fingerprint density at radius 2 is 1.92 bits per heavy atom. The van der Waals surface area contributed by atoms with Gasteiger partial charge in [-0.25, -0.2) is 0 Å². The van der Waals surface area contributed by atoms with Crippen molar-refractivity contribution in [3.8, 4) is 0 Å². The number of nitrogens with one attached hydrogen (secondary N) is 2. The molecule has 0 heterocycles. The molecule has 1 aliphatic rings. The van der Waals surface area contributed by atoms with Crippen molar-refractivity contribution in [2.45, 2.75) is 12.8 Å². The molecule has 2 N–H and O–H groups in total. The molecule has 70 valence electrons. The second-order valence-electron chi connectivity index (χ2n) is 3.62. The zero-order valence-corrected chi connectivity index (χ0v) is 8.01. The summed E-state index contributed by atoms with van der Waals surface area (Å²) in [6.45, 7) is 1.12. The zero-order chi connectivity index (χ0) is 9.10. The maximum Gasteiger partial charge on any atom is 0.0575 e. The predicted octanol–water partition coefficient (Wildman–Crippen LogP) is 2.55. The van der Waals surface area contributed by atoms with Gasteiger partial charge in [-0.15, -0.1) is 0 Å². The molecule has 0 atom stereocenters. The van der Waals surface area contributed by atoms with Gasteiger partial charge in [-0.1, -0.05) is 12.1 Å². The molecule has 1 fully saturated rings. The number of anilines is 2. The minimum Gasteiger partial charge on any atom is -0.386 e. The van der Waals surface area contributed by atoms with E-state index in [2.05, 4.69) is 28.8 Å². The van der Waals surface area contributed by atoms with Crippen LogP contribution in [0.25, 0.3) is 0 Å². The molecule has 1 aromatic carbocycles. The van der Waals surface area contributed by atoms with Crippen LogP contribution in [-0.2, 0) is 0 Å². The molecule has 0 saturated heterocycles. The molecule has 0 aromatic heterocycles. The standard InChI is InChI=1S/C11H16N2/c1-12-10-4-2-3-5-11(10)13-8-9-6-7-9/h2-5,9,12-13H,6-8H2,1H3. The highest BCUT2D eigenvalue weighted by atomic mass is 14.9. The summed E-state index contributed by atoms with van der Waals surface area (Å²) < 4.78 is 0. The van der Waals surface area contributed by atoms with Crippen LogP contribution < -0.4 is 10.6 Å². The van der Waals surface area contributed by atoms with Gasteiger partial charge in [0.15, 0.2) is 0 Å². The van der Waals surface area contributed by atoms with Gasteiger partial charge in [-0.05, 0) is 30.9 Å². The lowest BCUT2D eigenvalue weighted by molar-refractivity contribution is 0.889. The van der Waals surface area contributed by atoms with E-state index in [-0.39, 0.29) is 0 Å². The van der Waals surface area contributed by atoms with Crippen LogP contribution in [0.5, 0.6) is 0 Å². The van der Waals surface area contributed by atoms with Crippen LogP contribution in [0.15, 0.2) is 24.3 Å². The third-order valence-corrected chi connectivity index (χ3v) is 2.47. The third-order valence-electron chi connectivity index (χ3n) is 2.47. The van der Waals surface area contributed by atoms with E-state index in [4.69, 9.17) is 0 Å². The molecule has 13 heavy (non-hydrogen) atoms. The van der Waals surface area contributed by atoms with Gasteiger partial charge in [0, 0.05) is 13.6 Å². The summed E-state index contributed by atoms with van der Waals surface area (Å²) in [4.78, 5) is 0. The molecule has 0 aliphatic heterocycles. The van der Waals surface area contributed by atoms with Gasteiger partial charge >= 0.3 is 0 Å². The van der Waals surface area contributed by atoms with Gasteiger partial charge in [0.2, 0.25) is 0 Å². The molecule has 0 bridgehead atoms. The monoisotopic (exact) mass is 176 g/mol. The Labute approximate surface area is 79.4 Å². The average Bonchev–Trinajstić information content (AvgIpc) is 2.99. The van der Waals surface area contributed by atoms with Crippen LogP contribution in [0, 0.1) is 5.92 Å². The van der Waals surface area contributed by atoms with Gasteiger partial charge in [-0.3, -0.25) is 0 Å². The quantitative estimate of drug-likeness (QED) is 0.736. The Bertz CT molecular complexity index is 279. The van der Waals surface area contributed by atoms with Crippen LogP contribution in [0.4, 0.5) is 11.4 Å². The number of benzene rings is 1. The van der Waals surface area contributed by atoms with Crippen molar-refractivity contribution in [3.63, 3.8) is 0 Å². The molecule has 1 aromatic rings. The molecule has 2 rings (SSSR count). The van der Waals surface area contributed by atoms with Gasteiger partial charge in [0.1, 0.15) is 0 Å². The molecule has 2 heteroatoms. The number of hydrogen-bond acceptors (Lipinski definition) is 2. The molecular formula is C11H16N2. The van der Waals surface area contributed by atoms with E-state index >= 15 is 0 Å². The largest absolute Gasteiger partial charge is 0.386 e. The van der Waals surface area contributed by atoms with Crippen molar-refractivity contribution in [1.29, 1.82) is 0 Å². The minimum atomic E-state index is 0.921. The van der Waals surface area contributed by atoms with Crippen LogP contribution in [-0.4, -0.2) is 13.6 Å². The van der Waals surface area contributed by atoms with E-state index in [0.717, 1.165) is 12.5 Å². The fourth-order valence-corrected chi connectivity index (χ4v) is 1.43. The fraction of sp³-hybridized carbons (Fsp3) is 0.455. The smallest absolute Gasteiger partial charge is 0.0575 e. The summed E-state index contributed by atoms with van der Waals surface area (Å²) >= 11 is 0. The van der Waals surface area contributed by atoms with Crippen molar-refractivity contribution < 1.29 is 0 Å². The summed E-state index contributed by atoms with van der Waals surface area (Å²) in [5.41, 5.74) is 2.40. The Hall–Kier alpha value is -1.18. The molecule has 1 saturated carbocycles.